The van der Waals surface area contributed by atoms with E-state index >= 15 is 0 Å². The van der Waals surface area contributed by atoms with E-state index in [2.05, 4.69) is 0 Å². The van der Waals surface area contributed by atoms with Crippen LogP contribution in [-0.2, 0) is 9.59 Å². The van der Waals surface area contributed by atoms with Crippen LogP contribution in [0.25, 0.3) is 0 Å². The van der Waals surface area contributed by atoms with Gasteiger partial charge in [0.25, 0.3) is 0 Å². The summed E-state index contributed by atoms with van der Waals surface area (Å²) in [5.41, 5.74) is 0. The van der Waals surface area contributed by atoms with Crippen molar-refractivity contribution in [3.63, 3.8) is 0 Å². The van der Waals surface area contributed by atoms with Gasteiger partial charge in [-0.05, 0) is 14.0 Å². The summed E-state index contributed by atoms with van der Waals surface area (Å²) < 4.78 is 0. The maximum absolute atomic E-state index is 11.2. The van der Waals surface area contributed by atoms with Crippen molar-refractivity contribution < 1.29 is 9.59 Å². The lowest BCUT2D eigenvalue weighted by Gasteiger charge is -2.17. The lowest BCUT2D eigenvalue weighted by Crippen LogP contribution is -2.35. The fraction of sp³-hybridized carbons (Fsp3) is 0.778. The summed E-state index contributed by atoms with van der Waals surface area (Å²) >= 11 is 0. The van der Waals surface area contributed by atoms with E-state index in [4.69, 9.17) is 0 Å². The van der Waals surface area contributed by atoms with Gasteiger partial charge in [-0.15, -0.1) is 0 Å². The highest BCUT2D eigenvalue weighted by atomic mass is 16.2. The third-order valence-corrected chi connectivity index (χ3v) is 1.75. The first-order valence-electron chi connectivity index (χ1n) is 4.31. The van der Waals surface area contributed by atoms with Gasteiger partial charge in [0.1, 0.15) is 5.78 Å². The Morgan fingerprint density at radius 2 is 1.69 bits per heavy atom. The molecule has 13 heavy (non-hydrogen) atoms. The van der Waals surface area contributed by atoms with E-state index in [1.807, 2.05) is 11.9 Å². The normalized spacial score (nSPS) is 10.2. The number of carbonyl (C=O) groups is 2. The number of hydrogen-bond donors (Lipinski definition) is 0. The molecule has 0 rings (SSSR count). The van der Waals surface area contributed by atoms with Gasteiger partial charge in [0.2, 0.25) is 5.91 Å². The number of amides is 1. The molecule has 0 radical (unpaired) electrons. The number of nitrogens with zero attached hydrogens (tertiary/aromatic N) is 2. The molecule has 0 saturated carbocycles. The fourth-order valence-corrected chi connectivity index (χ4v) is 0.800. The molecule has 0 unspecified atom stereocenters. The van der Waals surface area contributed by atoms with Crippen molar-refractivity contribution in [1.29, 1.82) is 0 Å². The van der Waals surface area contributed by atoms with E-state index in [-0.39, 0.29) is 11.7 Å². The topological polar surface area (TPSA) is 40.6 Å². The molecule has 0 atom stereocenters. The number of likely N-dealkylation sites (N-methyl/N-ethyl adjacent to an activating group) is 2. The molecular weight excluding hydrogens is 168 g/mol. The molecule has 0 saturated heterocycles. The molecule has 0 aromatic rings. The molecule has 0 aliphatic heterocycles. The molecule has 0 aliphatic carbocycles. The predicted octanol–water partition coefficient (Wildman–Crippen LogP) is -0.0145. The van der Waals surface area contributed by atoms with Crippen LogP contribution in [0.2, 0.25) is 0 Å². The average molecular weight is 186 g/mol. The first-order valence-corrected chi connectivity index (χ1v) is 4.31. The van der Waals surface area contributed by atoms with Crippen LogP contribution in [0, 0.1) is 0 Å². The van der Waals surface area contributed by atoms with E-state index < -0.39 is 0 Å². The number of hydrogen-bond acceptors (Lipinski definition) is 3. The quantitative estimate of drug-likeness (QED) is 0.606. The van der Waals surface area contributed by atoms with E-state index in [1.165, 1.54) is 0 Å². The second kappa shape index (κ2) is 5.70. The Morgan fingerprint density at radius 3 is 2.08 bits per heavy atom. The molecule has 0 aliphatic rings. The summed E-state index contributed by atoms with van der Waals surface area (Å²) in [5.74, 6) is 0.218. The smallest absolute Gasteiger partial charge is 0.236 e. The number of rotatable bonds is 5. The standard InChI is InChI=1S/C9H18N2O2/c1-8(12)5-6-11(4)7-9(13)10(2)3/h5-7H2,1-4H3. The van der Waals surface area contributed by atoms with Crippen LogP contribution in [0.1, 0.15) is 13.3 Å². The molecule has 4 nitrogen and oxygen atoms in total. The van der Waals surface area contributed by atoms with E-state index in [9.17, 15) is 9.59 Å². The maximum atomic E-state index is 11.2. The van der Waals surface area contributed by atoms with Crippen LogP contribution in [-0.4, -0.2) is 55.7 Å². The van der Waals surface area contributed by atoms with Gasteiger partial charge in [0.05, 0.1) is 6.54 Å². The third kappa shape index (κ3) is 6.28. The molecular formula is C9H18N2O2. The Balaban J connectivity index is 3.68. The van der Waals surface area contributed by atoms with Crippen molar-refractivity contribution in [3.05, 3.63) is 0 Å². The molecule has 0 fully saturated rings. The van der Waals surface area contributed by atoms with Gasteiger partial charge in [0, 0.05) is 27.1 Å². The minimum Gasteiger partial charge on any atom is -0.348 e. The second-order valence-corrected chi connectivity index (χ2v) is 3.48. The monoisotopic (exact) mass is 186 g/mol. The zero-order valence-corrected chi connectivity index (χ0v) is 8.83. The summed E-state index contributed by atoms with van der Waals surface area (Å²) in [4.78, 5) is 25.2. The Kier molecular flexibility index (Phi) is 5.30. The lowest BCUT2D eigenvalue weighted by molar-refractivity contribution is -0.130. The first-order chi connectivity index (χ1) is 5.93. The van der Waals surface area contributed by atoms with E-state index in [0.29, 0.717) is 19.5 Å². The zero-order valence-electron chi connectivity index (χ0n) is 8.83. The van der Waals surface area contributed by atoms with Gasteiger partial charge >= 0.3 is 0 Å². The largest absolute Gasteiger partial charge is 0.348 e. The highest BCUT2D eigenvalue weighted by Gasteiger charge is 2.08. The van der Waals surface area contributed by atoms with Crippen LogP contribution >= 0.6 is 0 Å². The summed E-state index contributed by atoms with van der Waals surface area (Å²) in [6.45, 7) is 2.58. The molecule has 76 valence electrons. The maximum Gasteiger partial charge on any atom is 0.236 e. The second-order valence-electron chi connectivity index (χ2n) is 3.48. The predicted molar refractivity (Wildman–Crippen MR) is 51.5 cm³/mol. The summed E-state index contributed by atoms with van der Waals surface area (Å²) in [6, 6.07) is 0. The van der Waals surface area contributed by atoms with Gasteiger partial charge in [-0.25, -0.2) is 0 Å². The SMILES string of the molecule is CC(=O)CCN(C)CC(=O)N(C)C. The zero-order chi connectivity index (χ0) is 10.4. The molecule has 0 N–H and O–H groups in total. The minimum absolute atomic E-state index is 0.0612. The van der Waals surface area contributed by atoms with Crippen molar-refractivity contribution in [2.24, 2.45) is 0 Å². The molecule has 0 aromatic heterocycles. The molecule has 0 bridgehead atoms. The van der Waals surface area contributed by atoms with Gasteiger partial charge < -0.3 is 4.90 Å². The van der Waals surface area contributed by atoms with E-state index in [0.717, 1.165) is 0 Å². The summed E-state index contributed by atoms with van der Waals surface area (Å²) in [5, 5.41) is 0. The highest BCUT2D eigenvalue weighted by molar-refractivity contribution is 5.78. The van der Waals surface area contributed by atoms with Crippen molar-refractivity contribution >= 4 is 11.7 Å². The van der Waals surface area contributed by atoms with Gasteiger partial charge in [-0.2, -0.15) is 0 Å². The third-order valence-electron chi connectivity index (χ3n) is 1.75. The van der Waals surface area contributed by atoms with Gasteiger partial charge in [0.15, 0.2) is 0 Å². The Bertz CT molecular complexity index is 190. The van der Waals surface area contributed by atoms with Crippen LogP contribution in [0.3, 0.4) is 0 Å². The minimum atomic E-state index is 0.0612. The van der Waals surface area contributed by atoms with Crippen LogP contribution < -0.4 is 0 Å². The molecule has 1 amide bonds. The van der Waals surface area contributed by atoms with Gasteiger partial charge in [-0.1, -0.05) is 0 Å². The fourth-order valence-electron chi connectivity index (χ4n) is 0.800. The number of ketones is 1. The molecule has 0 spiro atoms. The van der Waals surface area contributed by atoms with Crippen LogP contribution in [0.5, 0.6) is 0 Å². The van der Waals surface area contributed by atoms with Crippen LogP contribution in [0.15, 0.2) is 0 Å². The Labute approximate surface area is 79.5 Å². The molecule has 0 aromatic carbocycles. The van der Waals surface area contributed by atoms with Crippen molar-refractivity contribution in [3.8, 4) is 0 Å². The van der Waals surface area contributed by atoms with Crippen molar-refractivity contribution in [2.75, 3.05) is 34.2 Å². The first kappa shape index (κ1) is 12.1. The van der Waals surface area contributed by atoms with Gasteiger partial charge in [-0.3, -0.25) is 14.5 Å². The Morgan fingerprint density at radius 1 is 1.15 bits per heavy atom. The van der Waals surface area contributed by atoms with E-state index in [1.54, 1.807) is 25.9 Å². The number of carbonyl (C=O) groups excluding carboxylic acids is 2. The van der Waals surface area contributed by atoms with Crippen molar-refractivity contribution in [1.82, 2.24) is 9.80 Å². The van der Waals surface area contributed by atoms with Crippen LogP contribution in [0.4, 0.5) is 0 Å². The lowest BCUT2D eigenvalue weighted by atomic mass is 10.3. The Hall–Kier alpha value is -0.900. The average Bonchev–Trinajstić information content (AvgIpc) is 2.00. The molecule has 4 heteroatoms. The molecule has 0 heterocycles. The summed E-state index contributed by atoms with van der Waals surface area (Å²) in [6.07, 6.45) is 0.511. The number of Topliss-reactive ketones (excluding diaryl/α,β-unsaturated/α-hetero) is 1. The summed E-state index contributed by atoms with van der Waals surface area (Å²) in [7, 11) is 5.28. The highest BCUT2D eigenvalue weighted by Crippen LogP contribution is 1.90. The van der Waals surface area contributed by atoms with Crippen molar-refractivity contribution in [2.45, 2.75) is 13.3 Å².